The molecule has 0 aliphatic heterocycles. The maximum Gasteiger partial charge on any atom is 0.255 e. The lowest BCUT2D eigenvalue weighted by molar-refractivity contribution is 0.0949. The molecule has 0 atom stereocenters. The summed E-state index contributed by atoms with van der Waals surface area (Å²) in [6.45, 7) is 0.658. The van der Waals surface area contributed by atoms with Crippen LogP contribution in [-0.2, 0) is 0 Å². The molecule has 0 saturated carbocycles. The highest BCUT2D eigenvalue weighted by Crippen LogP contribution is 2.30. The van der Waals surface area contributed by atoms with E-state index in [0.29, 0.717) is 23.6 Å². The number of halogens is 1. The Morgan fingerprint density at radius 2 is 2.06 bits per heavy atom. The molecule has 100 valence electrons. The Bertz CT molecular complexity index is 396. The molecule has 0 aromatic heterocycles. The largest absolute Gasteiger partial charge is 0.493 e. The van der Waals surface area contributed by atoms with Crippen molar-refractivity contribution in [2.45, 2.75) is 12.8 Å². The molecule has 0 aliphatic carbocycles. The van der Waals surface area contributed by atoms with Gasteiger partial charge < -0.3 is 14.8 Å². The third-order valence-electron chi connectivity index (χ3n) is 2.49. The van der Waals surface area contributed by atoms with Crippen molar-refractivity contribution in [2.75, 3.05) is 26.1 Å². The maximum absolute atomic E-state index is 12.0. The first-order valence-corrected chi connectivity index (χ1v) is 6.92. The van der Waals surface area contributed by atoms with E-state index in [2.05, 4.69) is 21.2 Å². The monoisotopic (exact) mass is 315 g/mol. The zero-order chi connectivity index (χ0) is 13.4. The number of nitrogens with one attached hydrogen (secondary N) is 1. The first kappa shape index (κ1) is 14.8. The Morgan fingerprint density at radius 1 is 1.28 bits per heavy atom. The van der Waals surface area contributed by atoms with Crippen LogP contribution < -0.4 is 14.8 Å². The van der Waals surface area contributed by atoms with Gasteiger partial charge in [0.15, 0.2) is 11.5 Å². The first-order valence-electron chi connectivity index (χ1n) is 5.79. The van der Waals surface area contributed by atoms with Crippen molar-refractivity contribution in [1.82, 2.24) is 5.32 Å². The molecular formula is C13H18BrNO3. The highest BCUT2D eigenvalue weighted by Gasteiger charge is 2.15. The number of alkyl halides is 1. The molecule has 0 aliphatic rings. The van der Waals surface area contributed by atoms with E-state index in [4.69, 9.17) is 9.47 Å². The number of rotatable bonds is 7. The van der Waals surface area contributed by atoms with E-state index >= 15 is 0 Å². The number of ether oxygens (including phenoxy) is 2. The Balaban J connectivity index is 2.72. The second-order valence-electron chi connectivity index (χ2n) is 3.69. The summed E-state index contributed by atoms with van der Waals surface area (Å²) in [6, 6.07) is 5.26. The van der Waals surface area contributed by atoms with Gasteiger partial charge in [-0.05, 0) is 25.0 Å². The molecule has 1 aromatic carbocycles. The van der Waals surface area contributed by atoms with Crippen LogP contribution in [0.15, 0.2) is 18.2 Å². The van der Waals surface area contributed by atoms with Crippen LogP contribution in [0.3, 0.4) is 0 Å². The fourth-order valence-electron chi connectivity index (χ4n) is 1.58. The maximum atomic E-state index is 12.0. The van der Waals surface area contributed by atoms with Crippen LogP contribution >= 0.6 is 15.9 Å². The standard InChI is InChI=1S/C13H18BrNO3/c1-17-11-7-5-6-10(12(11)18-2)13(16)15-9-4-3-8-14/h5-7H,3-4,8-9H2,1-2H3,(H,15,16). The van der Waals surface area contributed by atoms with E-state index in [0.717, 1.165) is 18.2 Å². The molecule has 4 nitrogen and oxygen atoms in total. The van der Waals surface area contributed by atoms with Crippen LogP contribution in [-0.4, -0.2) is 32.0 Å². The lowest BCUT2D eigenvalue weighted by atomic mass is 10.1. The summed E-state index contributed by atoms with van der Waals surface area (Å²) < 4.78 is 10.4. The summed E-state index contributed by atoms with van der Waals surface area (Å²) in [5, 5.41) is 3.81. The first-order chi connectivity index (χ1) is 8.74. The predicted octanol–water partition coefficient (Wildman–Crippen LogP) is 2.61. The Labute approximate surface area is 116 Å². The number of benzene rings is 1. The van der Waals surface area contributed by atoms with Gasteiger partial charge in [0.05, 0.1) is 19.8 Å². The molecule has 1 rings (SSSR count). The smallest absolute Gasteiger partial charge is 0.255 e. The molecule has 0 radical (unpaired) electrons. The Morgan fingerprint density at radius 3 is 2.67 bits per heavy atom. The number of methoxy groups -OCH3 is 2. The van der Waals surface area contributed by atoms with Gasteiger partial charge in [-0.1, -0.05) is 22.0 Å². The van der Waals surface area contributed by atoms with Gasteiger partial charge in [-0.2, -0.15) is 0 Å². The lowest BCUT2D eigenvalue weighted by Crippen LogP contribution is -2.25. The molecule has 0 unspecified atom stereocenters. The lowest BCUT2D eigenvalue weighted by Gasteiger charge is -2.12. The third-order valence-corrected chi connectivity index (χ3v) is 3.05. The number of hydrogen-bond donors (Lipinski definition) is 1. The van der Waals surface area contributed by atoms with Crippen LogP contribution in [0.5, 0.6) is 11.5 Å². The van der Waals surface area contributed by atoms with Crippen molar-refractivity contribution in [3.63, 3.8) is 0 Å². The fourth-order valence-corrected chi connectivity index (χ4v) is 1.98. The van der Waals surface area contributed by atoms with Crippen molar-refractivity contribution >= 4 is 21.8 Å². The average Bonchev–Trinajstić information content (AvgIpc) is 2.42. The molecule has 1 aromatic rings. The minimum absolute atomic E-state index is 0.139. The van der Waals surface area contributed by atoms with E-state index in [-0.39, 0.29) is 5.91 Å². The summed E-state index contributed by atoms with van der Waals surface area (Å²) in [6.07, 6.45) is 1.98. The second kappa shape index (κ2) is 7.97. The molecular weight excluding hydrogens is 298 g/mol. The van der Waals surface area contributed by atoms with Crippen molar-refractivity contribution in [3.05, 3.63) is 23.8 Å². The second-order valence-corrected chi connectivity index (χ2v) is 4.49. The van der Waals surface area contributed by atoms with Crippen LogP contribution in [0.2, 0.25) is 0 Å². The van der Waals surface area contributed by atoms with Crippen LogP contribution in [0.1, 0.15) is 23.2 Å². The van der Waals surface area contributed by atoms with Gasteiger partial charge in [0.1, 0.15) is 0 Å². The summed E-state index contributed by atoms with van der Waals surface area (Å²) >= 11 is 3.35. The van der Waals surface area contributed by atoms with Gasteiger partial charge >= 0.3 is 0 Å². The Hall–Kier alpha value is -1.23. The van der Waals surface area contributed by atoms with E-state index in [1.165, 1.54) is 7.11 Å². The summed E-state index contributed by atoms with van der Waals surface area (Å²) in [7, 11) is 3.08. The molecule has 1 amide bonds. The number of carbonyl (C=O) groups is 1. The van der Waals surface area contributed by atoms with E-state index < -0.39 is 0 Å². The quantitative estimate of drug-likeness (QED) is 0.621. The van der Waals surface area contributed by atoms with Gasteiger partial charge in [0.2, 0.25) is 0 Å². The topological polar surface area (TPSA) is 47.6 Å². The molecule has 0 fully saturated rings. The number of hydrogen-bond acceptors (Lipinski definition) is 3. The molecule has 0 bridgehead atoms. The van der Waals surface area contributed by atoms with Gasteiger partial charge in [-0.25, -0.2) is 0 Å². The molecule has 0 heterocycles. The van der Waals surface area contributed by atoms with Gasteiger partial charge in [-0.3, -0.25) is 4.79 Å². The number of unbranched alkanes of at least 4 members (excludes halogenated alkanes) is 1. The normalized spacial score (nSPS) is 9.94. The summed E-state index contributed by atoms with van der Waals surface area (Å²) in [5.74, 6) is 0.893. The number of para-hydroxylation sites is 1. The zero-order valence-electron chi connectivity index (χ0n) is 10.7. The number of carbonyl (C=O) groups excluding carboxylic acids is 1. The van der Waals surface area contributed by atoms with Crippen LogP contribution in [0, 0.1) is 0 Å². The van der Waals surface area contributed by atoms with Crippen LogP contribution in [0.4, 0.5) is 0 Å². The summed E-state index contributed by atoms with van der Waals surface area (Å²) in [4.78, 5) is 12.0. The average molecular weight is 316 g/mol. The van der Waals surface area contributed by atoms with Crippen molar-refractivity contribution in [3.8, 4) is 11.5 Å². The van der Waals surface area contributed by atoms with Gasteiger partial charge in [-0.15, -0.1) is 0 Å². The molecule has 18 heavy (non-hydrogen) atoms. The molecule has 0 spiro atoms. The van der Waals surface area contributed by atoms with Crippen LogP contribution in [0.25, 0.3) is 0 Å². The zero-order valence-corrected chi connectivity index (χ0v) is 12.2. The van der Waals surface area contributed by atoms with E-state index in [1.54, 1.807) is 25.3 Å². The van der Waals surface area contributed by atoms with E-state index in [9.17, 15) is 4.79 Å². The van der Waals surface area contributed by atoms with E-state index in [1.807, 2.05) is 0 Å². The van der Waals surface area contributed by atoms with Gasteiger partial charge in [0.25, 0.3) is 5.91 Å². The Kier molecular flexibility index (Phi) is 6.57. The number of amides is 1. The van der Waals surface area contributed by atoms with Crippen molar-refractivity contribution in [1.29, 1.82) is 0 Å². The molecule has 0 saturated heterocycles. The molecule has 1 N–H and O–H groups in total. The molecule has 5 heteroatoms. The van der Waals surface area contributed by atoms with Gasteiger partial charge in [0, 0.05) is 11.9 Å². The third kappa shape index (κ3) is 3.91. The highest BCUT2D eigenvalue weighted by atomic mass is 79.9. The van der Waals surface area contributed by atoms with Crippen molar-refractivity contribution < 1.29 is 14.3 Å². The highest BCUT2D eigenvalue weighted by molar-refractivity contribution is 9.09. The fraction of sp³-hybridized carbons (Fsp3) is 0.462. The minimum atomic E-state index is -0.139. The summed E-state index contributed by atoms with van der Waals surface area (Å²) in [5.41, 5.74) is 0.496. The van der Waals surface area contributed by atoms with Crippen molar-refractivity contribution in [2.24, 2.45) is 0 Å². The SMILES string of the molecule is COc1cccc(C(=O)NCCCCBr)c1OC. The minimum Gasteiger partial charge on any atom is -0.493 e. The predicted molar refractivity (Wildman–Crippen MR) is 74.9 cm³/mol.